The largest absolute Gasteiger partial charge is 0.454 e. The van der Waals surface area contributed by atoms with Gasteiger partial charge in [0.25, 0.3) is 0 Å². The second-order valence-corrected chi connectivity index (χ2v) is 5.90. The van der Waals surface area contributed by atoms with Crippen LogP contribution < -0.4 is 14.8 Å². The molecule has 1 unspecified atom stereocenters. The van der Waals surface area contributed by atoms with Gasteiger partial charge in [-0.2, -0.15) is 0 Å². The van der Waals surface area contributed by atoms with Gasteiger partial charge in [0.1, 0.15) is 5.82 Å². The van der Waals surface area contributed by atoms with E-state index in [0.717, 1.165) is 48.8 Å². The summed E-state index contributed by atoms with van der Waals surface area (Å²) in [4.78, 5) is 2.36. The van der Waals surface area contributed by atoms with Crippen LogP contribution in [0.5, 0.6) is 11.5 Å². The molecule has 120 valence electrons. The van der Waals surface area contributed by atoms with Crippen LogP contribution in [0.2, 0.25) is 0 Å². The summed E-state index contributed by atoms with van der Waals surface area (Å²) >= 11 is 0. The minimum atomic E-state index is -0.189. The van der Waals surface area contributed by atoms with E-state index in [9.17, 15) is 4.39 Å². The number of ether oxygens (including phenoxy) is 2. The van der Waals surface area contributed by atoms with Gasteiger partial charge in [0.15, 0.2) is 11.5 Å². The molecular weight excluding hydrogens is 295 g/mol. The number of hydrogen-bond acceptors (Lipinski definition) is 4. The Morgan fingerprint density at radius 1 is 1.17 bits per heavy atom. The minimum absolute atomic E-state index is 0.151. The van der Waals surface area contributed by atoms with Gasteiger partial charge in [0.2, 0.25) is 6.79 Å². The van der Waals surface area contributed by atoms with Crippen LogP contribution in [0.25, 0.3) is 0 Å². The molecule has 0 amide bonds. The number of fused-ring (bicyclic) bond motifs is 1. The predicted molar refractivity (Wildman–Crippen MR) is 85.0 cm³/mol. The van der Waals surface area contributed by atoms with Gasteiger partial charge in [-0.25, -0.2) is 4.39 Å². The zero-order valence-electron chi connectivity index (χ0n) is 12.8. The van der Waals surface area contributed by atoms with E-state index in [-0.39, 0.29) is 18.7 Å². The SMILES string of the molecule is Fc1cccc(C2CNCCN2Cc2cccc3c2OCO3)c1. The van der Waals surface area contributed by atoms with E-state index in [0.29, 0.717) is 0 Å². The average molecular weight is 314 g/mol. The van der Waals surface area contributed by atoms with Gasteiger partial charge in [0.05, 0.1) is 0 Å². The van der Waals surface area contributed by atoms with Gasteiger partial charge >= 0.3 is 0 Å². The number of nitrogens with one attached hydrogen (secondary N) is 1. The first-order valence-corrected chi connectivity index (χ1v) is 7.89. The summed E-state index contributed by atoms with van der Waals surface area (Å²) in [5, 5.41) is 3.40. The number of benzene rings is 2. The van der Waals surface area contributed by atoms with Crippen LogP contribution in [-0.2, 0) is 6.54 Å². The van der Waals surface area contributed by atoms with E-state index in [1.165, 1.54) is 6.07 Å². The maximum absolute atomic E-state index is 13.6. The molecule has 0 bridgehead atoms. The Kier molecular flexibility index (Phi) is 3.89. The zero-order chi connectivity index (χ0) is 15.6. The lowest BCUT2D eigenvalue weighted by atomic mass is 10.0. The molecule has 1 atom stereocenters. The highest BCUT2D eigenvalue weighted by Gasteiger charge is 2.26. The van der Waals surface area contributed by atoms with Crippen molar-refractivity contribution in [1.29, 1.82) is 0 Å². The summed E-state index contributed by atoms with van der Waals surface area (Å²) in [6.07, 6.45) is 0. The highest BCUT2D eigenvalue weighted by Crippen LogP contribution is 2.37. The molecule has 4 rings (SSSR count). The normalized spacial score (nSPS) is 20.7. The smallest absolute Gasteiger partial charge is 0.231 e. The van der Waals surface area contributed by atoms with Gasteiger partial charge in [0, 0.05) is 37.8 Å². The van der Waals surface area contributed by atoms with Crippen molar-refractivity contribution in [3.05, 3.63) is 59.4 Å². The molecule has 4 nitrogen and oxygen atoms in total. The van der Waals surface area contributed by atoms with Crippen LogP contribution in [0.1, 0.15) is 17.2 Å². The molecule has 0 radical (unpaired) electrons. The molecule has 1 N–H and O–H groups in total. The second kappa shape index (κ2) is 6.18. The lowest BCUT2D eigenvalue weighted by Gasteiger charge is -2.36. The molecule has 1 fully saturated rings. The molecule has 2 aliphatic rings. The quantitative estimate of drug-likeness (QED) is 0.944. The molecule has 1 saturated heterocycles. The van der Waals surface area contributed by atoms with Crippen LogP contribution in [-0.4, -0.2) is 31.3 Å². The Labute approximate surface area is 134 Å². The first-order chi connectivity index (χ1) is 11.3. The number of rotatable bonds is 3. The zero-order valence-corrected chi connectivity index (χ0v) is 12.8. The average Bonchev–Trinajstić information content (AvgIpc) is 3.05. The molecular formula is C18H19FN2O2. The minimum Gasteiger partial charge on any atom is -0.454 e. The number of hydrogen-bond donors (Lipinski definition) is 1. The van der Waals surface area contributed by atoms with Crippen molar-refractivity contribution >= 4 is 0 Å². The van der Waals surface area contributed by atoms with Gasteiger partial charge in [-0.05, 0) is 23.8 Å². The van der Waals surface area contributed by atoms with Crippen molar-refractivity contribution in [2.24, 2.45) is 0 Å². The summed E-state index contributed by atoms with van der Waals surface area (Å²) < 4.78 is 24.6. The van der Waals surface area contributed by atoms with Crippen molar-refractivity contribution in [3.63, 3.8) is 0 Å². The van der Waals surface area contributed by atoms with Crippen molar-refractivity contribution in [2.75, 3.05) is 26.4 Å². The molecule has 0 spiro atoms. The van der Waals surface area contributed by atoms with Crippen LogP contribution >= 0.6 is 0 Å². The first kappa shape index (κ1) is 14.5. The number of piperazine rings is 1. The Morgan fingerprint density at radius 3 is 3.00 bits per heavy atom. The maximum Gasteiger partial charge on any atom is 0.231 e. The number of nitrogens with zero attached hydrogens (tertiary/aromatic N) is 1. The molecule has 2 aliphatic heterocycles. The van der Waals surface area contributed by atoms with Gasteiger partial charge in [-0.1, -0.05) is 24.3 Å². The highest BCUT2D eigenvalue weighted by atomic mass is 19.1. The monoisotopic (exact) mass is 314 g/mol. The molecule has 2 heterocycles. The Balaban J connectivity index is 1.60. The van der Waals surface area contributed by atoms with Crippen LogP contribution in [0.15, 0.2) is 42.5 Å². The van der Waals surface area contributed by atoms with E-state index >= 15 is 0 Å². The Bertz CT molecular complexity index is 707. The molecule has 0 aromatic heterocycles. The van der Waals surface area contributed by atoms with Crippen molar-refractivity contribution in [3.8, 4) is 11.5 Å². The fraction of sp³-hybridized carbons (Fsp3) is 0.333. The van der Waals surface area contributed by atoms with Crippen LogP contribution in [0, 0.1) is 5.82 Å². The topological polar surface area (TPSA) is 33.7 Å². The van der Waals surface area contributed by atoms with E-state index in [4.69, 9.17) is 9.47 Å². The summed E-state index contributed by atoms with van der Waals surface area (Å²) in [6.45, 7) is 3.69. The van der Waals surface area contributed by atoms with E-state index in [2.05, 4.69) is 16.3 Å². The van der Waals surface area contributed by atoms with Gasteiger partial charge in [-0.15, -0.1) is 0 Å². The summed E-state index contributed by atoms with van der Waals surface area (Å²) in [6, 6.07) is 13.0. The summed E-state index contributed by atoms with van der Waals surface area (Å²) in [5.74, 6) is 1.45. The molecule has 0 saturated carbocycles. The molecule has 5 heteroatoms. The van der Waals surface area contributed by atoms with Crippen LogP contribution in [0.3, 0.4) is 0 Å². The van der Waals surface area contributed by atoms with E-state index < -0.39 is 0 Å². The second-order valence-electron chi connectivity index (χ2n) is 5.90. The van der Waals surface area contributed by atoms with E-state index in [1.54, 1.807) is 12.1 Å². The fourth-order valence-electron chi connectivity index (χ4n) is 3.31. The third-order valence-corrected chi connectivity index (χ3v) is 4.44. The van der Waals surface area contributed by atoms with Crippen molar-refractivity contribution < 1.29 is 13.9 Å². The third-order valence-electron chi connectivity index (χ3n) is 4.44. The van der Waals surface area contributed by atoms with Crippen molar-refractivity contribution in [2.45, 2.75) is 12.6 Å². The van der Waals surface area contributed by atoms with E-state index in [1.807, 2.05) is 18.2 Å². The summed E-state index contributed by atoms with van der Waals surface area (Å²) in [5.41, 5.74) is 2.12. The molecule has 2 aromatic carbocycles. The lowest BCUT2D eigenvalue weighted by Crippen LogP contribution is -2.45. The molecule has 0 aliphatic carbocycles. The van der Waals surface area contributed by atoms with Crippen molar-refractivity contribution in [1.82, 2.24) is 10.2 Å². The van der Waals surface area contributed by atoms with Crippen LogP contribution in [0.4, 0.5) is 4.39 Å². The Morgan fingerprint density at radius 2 is 2.09 bits per heavy atom. The van der Waals surface area contributed by atoms with Gasteiger partial charge in [-0.3, -0.25) is 4.90 Å². The third kappa shape index (κ3) is 2.90. The summed E-state index contributed by atoms with van der Waals surface area (Å²) in [7, 11) is 0. The number of para-hydroxylation sites is 1. The Hall–Kier alpha value is -2.11. The standard InChI is InChI=1S/C18H19FN2O2/c19-15-5-1-3-13(9-15)16-10-20-7-8-21(16)11-14-4-2-6-17-18(14)23-12-22-17/h1-6,9,16,20H,7-8,10-12H2. The van der Waals surface area contributed by atoms with Gasteiger partial charge < -0.3 is 14.8 Å². The number of halogens is 1. The molecule has 23 heavy (non-hydrogen) atoms. The maximum atomic E-state index is 13.6. The fourth-order valence-corrected chi connectivity index (χ4v) is 3.31. The first-order valence-electron chi connectivity index (χ1n) is 7.89. The predicted octanol–water partition coefficient (Wildman–Crippen LogP) is 2.70. The lowest BCUT2D eigenvalue weighted by molar-refractivity contribution is 0.148. The molecule has 2 aromatic rings. The highest BCUT2D eigenvalue weighted by molar-refractivity contribution is 5.48.